The molecule has 0 fully saturated rings. The summed E-state index contributed by atoms with van der Waals surface area (Å²) in [5, 5.41) is 0.472. The fourth-order valence-corrected chi connectivity index (χ4v) is 1.82. The predicted molar refractivity (Wildman–Crippen MR) is 66.8 cm³/mol. The Morgan fingerprint density at radius 2 is 2.19 bits per heavy atom. The van der Waals surface area contributed by atoms with Gasteiger partial charge in [0, 0.05) is 12.1 Å². The lowest BCUT2D eigenvalue weighted by Crippen LogP contribution is -2.01. The van der Waals surface area contributed by atoms with E-state index in [-0.39, 0.29) is 5.92 Å². The summed E-state index contributed by atoms with van der Waals surface area (Å²) in [6, 6.07) is 3.62. The zero-order chi connectivity index (χ0) is 11.8. The first-order valence-electron chi connectivity index (χ1n) is 5.84. The number of carbonyl (C=O) groups excluding carboxylic acids is 1. The lowest BCUT2D eigenvalue weighted by atomic mass is 9.96. The molecule has 1 rings (SSSR count). The summed E-state index contributed by atoms with van der Waals surface area (Å²) in [7, 11) is 0. The van der Waals surface area contributed by atoms with Gasteiger partial charge in [0.1, 0.15) is 11.4 Å². The molecule has 0 aliphatic heterocycles. The van der Waals surface area contributed by atoms with Gasteiger partial charge in [-0.05, 0) is 18.1 Å². The molecule has 0 aliphatic rings. The number of carbonyl (C=O) groups is 1. The Morgan fingerprint density at radius 1 is 1.38 bits per heavy atom. The molecule has 0 bridgehead atoms. The van der Waals surface area contributed by atoms with Gasteiger partial charge in [0.2, 0.25) is 0 Å². The molecule has 0 aromatic carbocycles. The molecule has 88 valence electrons. The average Bonchev–Trinajstić information content (AvgIpc) is 2.31. The van der Waals surface area contributed by atoms with Crippen LogP contribution in [0.5, 0.6) is 0 Å². The van der Waals surface area contributed by atoms with Gasteiger partial charge >= 0.3 is 0 Å². The van der Waals surface area contributed by atoms with E-state index in [1.807, 2.05) is 6.07 Å². The second-order valence-corrected chi connectivity index (χ2v) is 4.39. The minimum Gasteiger partial charge on any atom is -0.303 e. The van der Waals surface area contributed by atoms with Crippen LogP contribution in [0, 0.1) is 0 Å². The van der Waals surface area contributed by atoms with Gasteiger partial charge < -0.3 is 4.79 Å². The van der Waals surface area contributed by atoms with E-state index in [0.29, 0.717) is 5.15 Å². The second kappa shape index (κ2) is 7.39. The molecule has 0 spiro atoms. The number of unbranched alkanes of at least 4 members (excludes halogenated alkanes) is 3. The Balaban J connectivity index is 2.47. The lowest BCUT2D eigenvalue weighted by Gasteiger charge is -2.09. The van der Waals surface area contributed by atoms with E-state index in [0.717, 1.165) is 24.7 Å². The Labute approximate surface area is 102 Å². The van der Waals surface area contributed by atoms with Crippen molar-refractivity contribution in [3.8, 4) is 0 Å². The number of rotatable bonds is 7. The SMILES string of the molecule is CCCCCC[C@H](C=O)c1ccc(Cl)nc1. The van der Waals surface area contributed by atoms with E-state index in [4.69, 9.17) is 11.6 Å². The minimum atomic E-state index is -0.0263. The third kappa shape index (κ3) is 4.31. The van der Waals surface area contributed by atoms with Crippen molar-refractivity contribution in [1.29, 1.82) is 0 Å². The summed E-state index contributed by atoms with van der Waals surface area (Å²) in [6.45, 7) is 2.18. The molecule has 0 unspecified atom stereocenters. The predicted octanol–water partition coefficient (Wildman–Crippen LogP) is 3.99. The standard InChI is InChI=1S/C13H18ClNO/c1-2-3-4-5-6-12(10-16)11-7-8-13(14)15-9-11/h7-10,12H,2-6H2,1H3/t12-/m1/s1. The van der Waals surface area contributed by atoms with Crippen LogP contribution in [-0.4, -0.2) is 11.3 Å². The molecule has 0 amide bonds. The highest BCUT2D eigenvalue weighted by atomic mass is 35.5. The maximum Gasteiger partial charge on any atom is 0.129 e. The van der Waals surface area contributed by atoms with Gasteiger partial charge in [-0.1, -0.05) is 50.3 Å². The smallest absolute Gasteiger partial charge is 0.129 e. The van der Waals surface area contributed by atoms with Crippen LogP contribution in [-0.2, 0) is 4.79 Å². The van der Waals surface area contributed by atoms with Gasteiger partial charge in [-0.15, -0.1) is 0 Å². The third-order valence-electron chi connectivity index (χ3n) is 2.71. The molecule has 0 radical (unpaired) electrons. The number of halogens is 1. The van der Waals surface area contributed by atoms with Crippen molar-refractivity contribution in [2.24, 2.45) is 0 Å². The van der Waals surface area contributed by atoms with Crippen molar-refractivity contribution in [2.75, 3.05) is 0 Å². The molecule has 1 heterocycles. The van der Waals surface area contributed by atoms with Crippen LogP contribution in [0.25, 0.3) is 0 Å². The number of hydrogen-bond donors (Lipinski definition) is 0. The quantitative estimate of drug-likeness (QED) is 0.409. The summed E-state index contributed by atoms with van der Waals surface area (Å²) in [5.74, 6) is -0.0263. The summed E-state index contributed by atoms with van der Waals surface area (Å²) < 4.78 is 0. The van der Waals surface area contributed by atoms with Gasteiger partial charge in [-0.3, -0.25) is 0 Å². The topological polar surface area (TPSA) is 30.0 Å². The van der Waals surface area contributed by atoms with Crippen molar-refractivity contribution in [3.05, 3.63) is 29.0 Å². The first kappa shape index (κ1) is 13.2. The van der Waals surface area contributed by atoms with Crippen molar-refractivity contribution < 1.29 is 4.79 Å². The van der Waals surface area contributed by atoms with Gasteiger partial charge in [-0.25, -0.2) is 4.98 Å². The van der Waals surface area contributed by atoms with Crippen LogP contribution >= 0.6 is 11.6 Å². The van der Waals surface area contributed by atoms with Crippen LogP contribution in [0.2, 0.25) is 5.15 Å². The highest BCUT2D eigenvalue weighted by molar-refractivity contribution is 6.29. The number of pyridine rings is 1. The normalized spacial score (nSPS) is 12.4. The summed E-state index contributed by atoms with van der Waals surface area (Å²) in [6.07, 6.45) is 8.37. The van der Waals surface area contributed by atoms with Crippen LogP contribution in [0.4, 0.5) is 0 Å². The largest absolute Gasteiger partial charge is 0.303 e. The minimum absolute atomic E-state index is 0.0263. The number of aldehydes is 1. The fraction of sp³-hybridized carbons (Fsp3) is 0.538. The Bertz CT molecular complexity index is 310. The second-order valence-electron chi connectivity index (χ2n) is 4.01. The molecule has 0 N–H and O–H groups in total. The number of hydrogen-bond acceptors (Lipinski definition) is 2. The molecule has 3 heteroatoms. The van der Waals surface area contributed by atoms with Gasteiger partial charge in [-0.2, -0.15) is 0 Å². The van der Waals surface area contributed by atoms with Crippen molar-refractivity contribution in [3.63, 3.8) is 0 Å². The summed E-state index contributed by atoms with van der Waals surface area (Å²) >= 11 is 5.71. The molecule has 1 aromatic heterocycles. The summed E-state index contributed by atoms with van der Waals surface area (Å²) in [4.78, 5) is 15.0. The molecular weight excluding hydrogens is 222 g/mol. The molecule has 0 saturated carbocycles. The zero-order valence-electron chi connectivity index (χ0n) is 9.66. The van der Waals surface area contributed by atoms with Gasteiger partial charge in [0.05, 0.1) is 0 Å². The third-order valence-corrected chi connectivity index (χ3v) is 2.93. The van der Waals surface area contributed by atoms with Gasteiger partial charge in [0.15, 0.2) is 0 Å². The molecule has 1 aromatic rings. The van der Waals surface area contributed by atoms with E-state index in [2.05, 4.69) is 11.9 Å². The maximum atomic E-state index is 11.0. The highest BCUT2D eigenvalue weighted by Crippen LogP contribution is 2.21. The monoisotopic (exact) mass is 239 g/mol. The van der Waals surface area contributed by atoms with E-state index in [1.165, 1.54) is 19.3 Å². The molecular formula is C13H18ClNO. The highest BCUT2D eigenvalue weighted by Gasteiger charge is 2.10. The Kier molecular flexibility index (Phi) is 6.09. The number of aromatic nitrogens is 1. The first-order valence-corrected chi connectivity index (χ1v) is 6.22. The average molecular weight is 240 g/mol. The Morgan fingerprint density at radius 3 is 2.75 bits per heavy atom. The van der Waals surface area contributed by atoms with Crippen molar-refractivity contribution in [1.82, 2.24) is 4.98 Å². The number of nitrogens with zero attached hydrogens (tertiary/aromatic N) is 1. The van der Waals surface area contributed by atoms with Crippen LogP contribution < -0.4 is 0 Å². The van der Waals surface area contributed by atoms with E-state index in [1.54, 1.807) is 12.3 Å². The van der Waals surface area contributed by atoms with E-state index >= 15 is 0 Å². The van der Waals surface area contributed by atoms with E-state index in [9.17, 15) is 4.79 Å². The van der Waals surface area contributed by atoms with Crippen LogP contribution in [0.15, 0.2) is 18.3 Å². The van der Waals surface area contributed by atoms with Crippen molar-refractivity contribution in [2.45, 2.75) is 44.9 Å². The molecule has 0 saturated heterocycles. The first-order chi connectivity index (χ1) is 7.77. The van der Waals surface area contributed by atoms with Crippen molar-refractivity contribution >= 4 is 17.9 Å². The van der Waals surface area contributed by atoms with Crippen LogP contribution in [0.3, 0.4) is 0 Å². The fourth-order valence-electron chi connectivity index (χ4n) is 1.71. The van der Waals surface area contributed by atoms with Gasteiger partial charge in [0.25, 0.3) is 0 Å². The molecule has 0 aliphatic carbocycles. The van der Waals surface area contributed by atoms with E-state index < -0.39 is 0 Å². The maximum absolute atomic E-state index is 11.0. The summed E-state index contributed by atoms with van der Waals surface area (Å²) in [5.41, 5.74) is 0.968. The molecule has 2 nitrogen and oxygen atoms in total. The molecule has 16 heavy (non-hydrogen) atoms. The Hall–Kier alpha value is -0.890. The zero-order valence-corrected chi connectivity index (χ0v) is 10.4. The lowest BCUT2D eigenvalue weighted by molar-refractivity contribution is -0.109. The molecule has 1 atom stereocenters. The van der Waals surface area contributed by atoms with Crippen LogP contribution in [0.1, 0.15) is 50.5 Å².